The highest BCUT2D eigenvalue weighted by Gasteiger charge is 2.54. The molecule has 5 fully saturated rings. The van der Waals surface area contributed by atoms with Crippen molar-refractivity contribution >= 4 is 41.8 Å². The van der Waals surface area contributed by atoms with Gasteiger partial charge in [-0.2, -0.15) is 0 Å². The summed E-state index contributed by atoms with van der Waals surface area (Å²) < 4.78 is 46.6. The summed E-state index contributed by atoms with van der Waals surface area (Å²) in [5, 5.41) is 177. The number of guanidine groups is 2. The monoisotopic (exact) mass is 1460 g/mol. The molecule has 1 radical (unpaired) electrons. The molecule has 25 atom stereocenters. The normalized spacial score (nSPS) is 29.9. The van der Waals surface area contributed by atoms with E-state index in [1.807, 2.05) is 30.3 Å². The van der Waals surface area contributed by atoms with Crippen LogP contribution in [0.1, 0.15) is 35.1 Å². The number of nitrogens with zero attached hydrogens (tertiary/aromatic N) is 1. The summed E-state index contributed by atoms with van der Waals surface area (Å²) >= 11 is 0. The van der Waals surface area contributed by atoms with Crippen molar-refractivity contribution in [3.05, 3.63) is 125 Å². The van der Waals surface area contributed by atoms with Crippen molar-refractivity contribution in [3.8, 4) is 17.2 Å². The van der Waals surface area contributed by atoms with Crippen molar-refractivity contribution in [3.63, 3.8) is 0 Å². The first-order chi connectivity index (χ1) is 49.8. The zero-order chi connectivity index (χ0) is 75.2. The fraction of sp³-hybridized carbons (Fsp3) is 0.537. The Labute approximate surface area is 595 Å². The van der Waals surface area contributed by atoms with E-state index < -0.39 is 215 Å². The maximum absolute atomic E-state index is 15.0. The minimum absolute atomic E-state index is 0.0416. The molecule has 0 saturated carbocycles. The lowest BCUT2D eigenvalue weighted by Gasteiger charge is -2.46. The highest BCUT2D eigenvalue weighted by molar-refractivity contribution is 5.96. The van der Waals surface area contributed by atoms with Crippen LogP contribution in [0.25, 0.3) is 0 Å². The molecule has 9 rings (SSSR count). The Hall–Kier alpha value is -8.39. The molecule has 0 bridgehead atoms. The van der Waals surface area contributed by atoms with Crippen LogP contribution >= 0.6 is 0 Å². The van der Waals surface area contributed by atoms with E-state index in [-0.39, 0.29) is 43.6 Å². The number of rotatable bonds is 33. The Kier molecular flexibility index (Phi) is 28.0. The van der Waals surface area contributed by atoms with Gasteiger partial charge in [0, 0.05) is 25.4 Å². The van der Waals surface area contributed by atoms with Crippen molar-refractivity contribution in [1.82, 2.24) is 42.1 Å². The van der Waals surface area contributed by atoms with E-state index in [9.17, 15) is 85.6 Å². The summed E-state index contributed by atoms with van der Waals surface area (Å²) in [5.41, 5.74) is 8.97. The fourth-order valence-corrected chi connectivity index (χ4v) is 12.4. The van der Waals surface area contributed by atoms with Crippen LogP contribution in [0.4, 0.5) is 0 Å². The van der Waals surface area contributed by atoms with E-state index >= 15 is 4.79 Å². The maximum atomic E-state index is 15.0. The lowest BCUT2D eigenvalue weighted by Crippen LogP contribution is -2.69. The third kappa shape index (κ3) is 19.0. The van der Waals surface area contributed by atoms with Crippen molar-refractivity contribution in [2.24, 2.45) is 5.73 Å². The molecular weight excluding hydrogens is 1370 g/mol. The molecule has 4 aromatic carbocycles. The van der Waals surface area contributed by atoms with E-state index in [1.165, 1.54) is 37.7 Å². The highest BCUT2D eigenvalue weighted by atomic mass is 16.7. The minimum atomic E-state index is -2.30. The van der Waals surface area contributed by atoms with E-state index in [4.69, 9.17) is 54.4 Å². The third-order valence-electron chi connectivity index (χ3n) is 18.6. The zero-order valence-electron chi connectivity index (χ0n) is 56.3. The first kappa shape index (κ1) is 79.7. The quantitative estimate of drug-likeness (QED) is 0.0211. The van der Waals surface area contributed by atoms with E-state index in [1.54, 1.807) is 55.5 Å². The van der Waals surface area contributed by atoms with Crippen LogP contribution in [0, 0.1) is 10.8 Å². The topological polar surface area (TPSA) is 583 Å². The molecular formula is C67H90N11O26. The predicted molar refractivity (Wildman–Crippen MR) is 357 cm³/mol. The number of hydrogen-bond acceptors (Lipinski definition) is 29. The molecule has 5 aliphatic rings. The van der Waals surface area contributed by atoms with Crippen molar-refractivity contribution < 1.29 is 128 Å². The molecule has 104 heavy (non-hydrogen) atoms. The number of amides is 4. The molecule has 569 valence electrons. The van der Waals surface area contributed by atoms with Gasteiger partial charge in [0.15, 0.2) is 35.9 Å². The van der Waals surface area contributed by atoms with Gasteiger partial charge in [-0.1, -0.05) is 85.8 Å². The largest absolute Gasteiger partial charge is 0.493 e. The van der Waals surface area contributed by atoms with Crippen LogP contribution in [0.5, 0.6) is 17.2 Å². The van der Waals surface area contributed by atoms with Gasteiger partial charge < -0.3 is 152 Å². The van der Waals surface area contributed by atoms with Gasteiger partial charge >= 0.3 is 0 Å². The number of benzene rings is 4. The fourth-order valence-electron chi connectivity index (χ4n) is 12.4. The number of nitrogens with two attached hydrogens (primary N) is 1. The lowest BCUT2D eigenvalue weighted by molar-refractivity contribution is -0.353. The zero-order valence-corrected chi connectivity index (χ0v) is 56.3. The van der Waals surface area contributed by atoms with Gasteiger partial charge in [0.2, 0.25) is 36.2 Å². The number of methoxy groups -OCH3 is 1. The molecule has 37 heteroatoms. The highest BCUT2D eigenvalue weighted by Crippen LogP contribution is 2.34. The van der Waals surface area contributed by atoms with Gasteiger partial charge in [-0.05, 0) is 46.5 Å². The van der Waals surface area contributed by atoms with Crippen LogP contribution in [-0.2, 0) is 67.3 Å². The summed E-state index contributed by atoms with van der Waals surface area (Å²) in [5.74, 6) is -5.68. The van der Waals surface area contributed by atoms with Crippen LogP contribution in [0.2, 0.25) is 0 Å². The maximum Gasteiger partial charge on any atom is 0.246 e. The average molecular weight is 1470 g/mol. The molecule has 5 saturated heterocycles. The van der Waals surface area contributed by atoms with Gasteiger partial charge in [-0.15, -0.1) is 0 Å². The summed E-state index contributed by atoms with van der Waals surface area (Å²) in [6.45, 7) is -2.03. The number of aliphatic hydroxyl groups excluding tert-OH is 13. The third-order valence-corrected chi connectivity index (χ3v) is 18.6. The Morgan fingerprint density at radius 3 is 1.90 bits per heavy atom. The van der Waals surface area contributed by atoms with Gasteiger partial charge in [0.05, 0.1) is 58.3 Å². The van der Waals surface area contributed by atoms with Crippen LogP contribution in [0.3, 0.4) is 0 Å². The molecule has 25 unspecified atom stereocenters. The first-order valence-corrected chi connectivity index (χ1v) is 33.3. The average Bonchev–Trinajstić information content (AvgIpc) is 1.15. The van der Waals surface area contributed by atoms with Crippen LogP contribution in [-0.4, -0.2) is 306 Å². The summed E-state index contributed by atoms with van der Waals surface area (Å²) in [7, 11) is 1.49. The molecule has 4 aromatic rings. The second-order valence-electron chi connectivity index (χ2n) is 25.6. The Balaban J connectivity index is 0.902. The van der Waals surface area contributed by atoms with Crippen LogP contribution in [0.15, 0.2) is 103 Å². The van der Waals surface area contributed by atoms with Gasteiger partial charge in [-0.25, -0.2) is 0 Å². The number of aliphatic hydroxyl groups is 13. The summed E-state index contributed by atoms with van der Waals surface area (Å²) in [4.78, 5) is 71.1. The van der Waals surface area contributed by atoms with Crippen molar-refractivity contribution in [2.75, 3.05) is 46.6 Å². The number of ether oxygens (including phenoxy) is 8. The SMILES string of the molecule is COc1ccc(COCC2OC(OC3C(CO)OC(Oc4ccc(CC(NC(=O)C(N)C(C)c5ccccc5)C(=O)NC(C(=O)NC(C(=O)NC([C]=O)CO)C(O)C5CNC(=N)N5C5OC(CO)C(O)C(O)C5O)C(O)C5CNC(=N)N5)cc4)C(O)C3O)C(O)C(O)C2O)cc1OCc1ccccc1. The smallest absolute Gasteiger partial charge is 0.246 e. The Morgan fingerprint density at radius 1 is 0.644 bits per heavy atom. The molecule has 4 amide bonds. The standard InChI is InChI=1S/C67H90N11O26/c1-30(34-11-7-4-8-12-34)45(68)60(94)74-37(59(93)76-46(48(83)38-21-71-66(69)75-38)62(96)77-47(61(95)73-35(23-79)24-80)49(84)39-22-72-67(70)78(39)63-55(90)52(87)50(85)42(25-81)101-63)19-31-13-16-36(17-14-31)100-64-57(92)54(89)58(43(26-82)102-64)104-65-56(91)53(88)51(86)44(103-65)29-98-27-33-15-18-40(97-2)41(20-33)99-28-32-9-5-3-6-10-32/h3-18,20,30,35,37-39,42-58,63-65,79,81-92H,19,21-23,25-29,68H2,1-2H3,(H2,70,72)(H,73,95)(H,74,94)(H,76,93)(H,77,96)(H3,69,71,75). The Bertz CT molecular complexity index is 3510. The molecule has 5 heterocycles. The molecule has 0 aliphatic carbocycles. The van der Waals surface area contributed by atoms with Gasteiger partial charge in [0.25, 0.3) is 0 Å². The van der Waals surface area contributed by atoms with Crippen molar-refractivity contribution in [1.29, 1.82) is 10.8 Å². The second-order valence-corrected chi connectivity index (χ2v) is 25.6. The van der Waals surface area contributed by atoms with E-state index in [2.05, 4.69) is 37.2 Å². The number of carbonyl (C=O) groups is 4. The van der Waals surface area contributed by atoms with Crippen LogP contribution < -0.4 is 57.2 Å². The number of carbonyl (C=O) groups excluding carboxylic acids is 5. The molecule has 5 aliphatic heterocycles. The van der Waals surface area contributed by atoms with Crippen molar-refractivity contribution in [2.45, 2.75) is 179 Å². The molecule has 37 nitrogen and oxygen atoms in total. The molecule has 0 spiro atoms. The minimum Gasteiger partial charge on any atom is -0.493 e. The van der Waals surface area contributed by atoms with Gasteiger partial charge in [0.1, 0.15) is 122 Å². The lowest BCUT2D eigenvalue weighted by atomic mass is 9.93. The first-order valence-electron chi connectivity index (χ1n) is 33.3. The Morgan fingerprint density at radius 2 is 1.26 bits per heavy atom. The molecule has 0 aromatic heterocycles. The second kappa shape index (κ2) is 36.5. The number of nitrogens with one attached hydrogen (secondary N) is 9. The molecule has 24 N–H and O–H groups in total. The van der Waals surface area contributed by atoms with E-state index in [0.29, 0.717) is 22.6 Å². The number of hydrogen-bond donors (Lipinski definition) is 23. The summed E-state index contributed by atoms with van der Waals surface area (Å²) in [6, 6.07) is 16.4. The van der Waals surface area contributed by atoms with E-state index in [0.717, 1.165) is 10.5 Å². The summed E-state index contributed by atoms with van der Waals surface area (Å²) in [6.07, 6.45) is -30.1. The predicted octanol–water partition coefficient (Wildman–Crippen LogP) is -8.56. The van der Waals surface area contributed by atoms with Gasteiger partial charge in [-0.3, -0.25) is 34.8 Å².